The van der Waals surface area contributed by atoms with E-state index in [1.54, 1.807) is 0 Å². The summed E-state index contributed by atoms with van der Waals surface area (Å²) in [6.07, 6.45) is 8.04. The summed E-state index contributed by atoms with van der Waals surface area (Å²) >= 11 is 0. The molecule has 0 fully saturated rings. The van der Waals surface area contributed by atoms with E-state index in [2.05, 4.69) is 5.48 Å². The second-order valence-corrected chi connectivity index (χ2v) is 6.16. The molecule has 0 atom stereocenters. The summed E-state index contributed by atoms with van der Waals surface area (Å²) < 4.78 is 18.9. The molecule has 0 unspecified atom stereocenters. The number of hydrogen-bond donors (Lipinski definition) is 1. The first-order chi connectivity index (χ1) is 11.7. The Morgan fingerprint density at radius 1 is 1.08 bits per heavy atom. The molecule has 4 rings (SSSR count). The summed E-state index contributed by atoms with van der Waals surface area (Å²) in [5, 5.41) is 0. The molecule has 0 saturated heterocycles. The zero-order chi connectivity index (χ0) is 16.5. The van der Waals surface area contributed by atoms with Crippen molar-refractivity contribution >= 4 is 11.7 Å². The summed E-state index contributed by atoms with van der Waals surface area (Å²) in [6.45, 7) is 0. The fourth-order valence-corrected chi connectivity index (χ4v) is 3.40. The highest BCUT2D eigenvalue weighted by Gasteiger charge is 2.27. The van der Waals surface area contributed by atoms with Crippen LogP contribution in [0.5, 0.6) is 0 Å². The maximum absolute atomic E-state index is 12.9. The minimum atomic E-state index is -0.541. The van der Waals surface area contributed by atoms with Gasteiger partial charge < -0.3 is 9.25 Å². The minimum Gasteiger partial charge on any atom is -0.465 e. The number of carbonyl (C=O) groups is 1. The van der Waals surface area contributed by atoms with E-state index < -0.39 is 5.97 Å². The normalized spacial score (nSPS) is 16.0. The average molecular weight is 327 g/mol. The minimum absolute atomic E-state index is 0.301. The molecule has 0 saturated carbocycles. The SMILES string of the molecule is O=C(ONC1=CCCc2oc3c(c21)CCCC3)c1ccc(F)cc1. The van der Waals surface area contributed by atoms with Crippen LogP contribution in [0.2, 0.25) is 0 Å². The van der Waals surface area contributed by atoms with Gasteiger partial charge in [0.2, 0.25) is 0 Å². The van der Waals surface area contributed by atoms with Crippen molar-refractivity contribution in [3.63, 3.8) is 0 Å². The van der Waals surface area contributed by atoms with Gasteiger partial charge in [-0.25, -0.2) is 14.7 Å². The van der Waals surface area contributed by atoms with Crippen molar-refractivity contribution in [2.24, 2.45) is 0 Å². The third kappa shape index (κ3) is 2.70. The van der Waals surface area contributed by atoms with Gasteiger partial charge in [0.1, 0.15) is 17.3 Å². The lowest BCUT2D eigenvalue weighted by molar-refractivity contribution is 0.0367. The second-order valence-electron chi connectivity index (χ2n) is 6.16. The molecule has 5 heteroatoms. The van der Waals surface area contributed by atoms with Gasteiger partial charge in [-0.05, 0) is 49.9 Å². The van der Waals surface area contributed by atoms with Gasteiger partial charge in [-0.3, -0.25) is 0 Å². The zero-order valence-corrected chi connectivity index (χ0v) is 13.2. The monoisotopic (exact) mass is 327 g/mol. The van der Waals surface area contributed by atoms with Crippen molar-refractivity contribution in [2.45, 2.75) is 38.5 Å². The van der Waals surface area contributed by atoms with Crippen molar-refractivity contribution < 1.29 is 18.4 Å². The van der Waals surface area contributed by atoms with Crippen LogP contribution in [0.4, 0.5) is 4.39 Å². The smallest absolute Gasteiger partial charge is 0.362 e. The van der Waals surface area contributed by atoms with Gasteiger partial charge >= 0.3 is 5.97 Å². The highest BCUT2D eigenvalue weighted by atomic mass is 19.1. The lowest BCUT2D eigenvalue weighted by Crippen LogP contribution is -2.21. The van der Waals surface area contributed by atoms with E-state index in [9.17, 15) is 9.18 Å². The number of furan rings is 1. The van der Waals surface area contributed by atoms with Crippen LogP contribution in [-0.4, -0.2) is 5.97 Å². The summed E-state index contributed by atoms with van der Waals surface area (Å²) in [5.41, 5.74) is 6.18. The predicted octanol–water partition coefficient (Wildman–Crippen LogP) is 3.95. The van der Waals surface area contributed by atoms with Crippen molar-refractivity contribution in [2.75, 3.05) is 0 Å². The maximum atomic E-state index is 12.9. The number of nitrogens with one attached hydrogen (secondary N) is 1. The lowest BCUT2D eigenvalue weighted by Gasteiger charge is -2.17. The van der Waals surface area contributed by atoms with Crippen LogP contribution in [0, 0.1) is 5.82 Å². The van der Waals surface area contributed by atoms with Crippen LogP contribution in [0.25, 0.3) is 5.70 Å². The van der Waals surface area contributed by atoms with Crippen molar-refractivity contribution in [3.05, 3.63) is 64.4 Å². The molecule has 1 aromatic heterocycles. The molecule has 0 bridgehead atoms. The molecule has 0 spiro atoms. The quantitative estimate of drug-likeness (QED) is 0.868. The maximum Gasteiger partial charge on any atom is 0.362 e. The molecule has 0 amide bonds. The van der Waals surface area contributed by atoms with Gasteiger partial charge in [0.25, 0.3) is 0 Å². The second kappa shape index (κ2) is 6.15. The van der Waals surface area contributed by atoms with Crippen molar-refractivity contribution in [1.82, 2.24) is 5.48 Å². The Kier molecular flexibility index (Phi) is 3.84. The molecule has 124 valence electrons. The molecule has 4 nitrogen and oxygen atoms in total. The molecule has 2 aliphatic carbocycles. The van der Waals surface area contributed by atoms with E-state index in [0.29, 0.717) is 5.56 Å². The Hall–Kier alpha value is -2.56. The third-order valence-electron chi connectivity index (χ3n) is 4.57. The van der Waals surface area contributed by atoms with Gasteiger partial charge in [-0.2, -0.15) is 0 Å². The Balaban J connectivity index is 1.52. The highest BCUT2D eigenvalue weighted by Crippen LogP contribution is 2.36. The first-order valence-corrected chi connectivity index (χ1v) is 8.29. The standard InChI is InChI=1S/C19H18FNO3/c20-13-10-8-12(9-11-13)19(22)24-21-15-5-3-7-17-18(15)14-4-1-2-6-16(14)23-17/h5,8-11,21H,1-4,6-7H2. The van der Waals surface area contributed by atoms with E-state index in [1.165, 1.54) is 29.8 Å². The van der Waals surface area contributed by atoms with Crippen LogP contribution in [-0.2, 0) is 24.1 Å². The number of fused-ring (bicyclic) bond motifs is 3. The summed E-state index contributed by atoms with van der Waals surface area (Å²) in [7, 11) is 0. The number of halogens is 1. The number of hydrogen-bond acceptors (Lipinski definition) is 4. The van der Waals surface area contributed by atoms with Gasteiger partial charge in [0.05, 0.1) is 11.3 Å². The molecule has 1 N–H and O–H groups in total. The van der Waals surface area contributed by atoms with Gasteiger partial charge in [0.15, 0.2) is 0 Å². The molecule has 1 aromatic carbocycles. The van der Waals surface area contributed by atoms with E-state index in [-0.39, 0.29) is 5.82 Å². The van der Waals surface area contributed by atoms with Crippen molar-refractivity contribution in [3.8, 4) is 0 Å². The number of benzene rings is 1. The molecule has 1 heterocycles. The average Bonchev–Trinajstić information content (AvgIpc) is 2.99. The van der Waals surface area contributed by atoms with Crippen LogP contribution in [0.15, 0.2) is 34.8 Å². The molecule has 0 aliphatic heterocycles. The molecule has 0 radical (unpaired) electrons. The Bertz CT molecular complexity index is 805. The molecular weight excluding hydrogens is 309 g/mol. The van der Waals surface area contributed by atoms with E-state index in [0.717, 1.165) is 61.3 Å². The Morgan fingerprint density at radius 3 is 2.71 bits per heavy atom. The van der Waals surface area contributed by atoms with E-state index in [1.807, 2.05) is 6.08 Å². The molecule has 2 aliphatic rings. The number of allylic oxidation sites excluding steroid dienone is 1. The van der Waals surface area contributed by atoms with E-state index in [4.69, 9.17) is 9.25 Å². The Labute approximate surface area is 139 Å². The first kappa shape index (κ1) is 15.0. The zero-order valence-electron chi connectivity index (χ0n) is 13.2. The van der Waals surface area contributed by atoms with Gasteiger partial charge in [-0.15, -0.1) is 0 Å². The number of hydroxylamine groups is 1. The molecular formula is C19H18FNO3. The van der Waals surface area contributed by atoms with Gasteiger partial charge in [0, 0.05) is 24.0 Å². The van der Waals surface area contributed by atoms with E-state index >= 15 is 0 Å². The van der Waals surface area contributed by atoms with Crippen LogP contribution in [0.1, 0.15) is 52.3 Å². The number of carbonyl (C=O) groups excluding carboxylic acids is 1. The van der Waals surface area contributed by atoms with Crippen molar-refractivity contribution in [1.29, 1.82) is 0 Å². The molecule has 2 aromatic rings. The Morgan fingerprint density at radius 2 is 1.88 bits per heavy atom. The van der Waals surface area contributed by atoms with Crippen LogP contribution in [0.3, 0.4) is 0 Å². The summed E-state index contributed by atoms with van der Waals surface area (Å²) in [6, 6.07) is 5.28. The molecule has 24 heavy (non-hydrogen) atoms. The summed E-state index contributed by atoms with van der Waals surface area (Å²) in [4.78, 5) is 17.3. The first-order valence-electron chi connectivity index (χ1n) is 8.29. The fourth-order valence-electron chi connectivity index (χ4n) is 3.40. The third-order valence-corrected chi connectivity index (χ3v) is 4.57. The fraction of sp³-hybridized carbons (Fsp3) is 0.316. The largest absolute Gasteiger partial charge is 0.465 e. The predicted molar refractivity (Wildman–Crippen MR) is 86.6 cm³/mol. The highest BCUT2D eigenvalue weighted by molar-refractivity contribution is 5.89. The topological polar surface area (TPSA) is 51.5 Å². The number of aryl methyl sites for hydroxylation is 2. The van der Waals surface area contributed by atoms with Crippen LogP contribution >= 0.6 is 0 Å². The lowest BCUT2D eigenvalue weighted by atomic mass is 9.91. The summed E-state index contributed by atoms with van der Waals surface area (Å²) in [5.74, 6) is 1.12. The number of rotatable bonds is 3. The van der Waals surface area contributed by atoms with Crippen LogP contribution < -0.4 is 5.48 Å². The van der Waals surface area contributed by atoms with Gasteiger partial charge in [-0.1, -0.05) is 6.08 Å².